The van der Waals surface area contributed by atoms with Gasteiger partial charge in [0.2, 0.25) is 5.91 Å². The highest BCUT2D eigenvalue weighted by molar-refractivity contribution is 9.10. The second-order valence-electron chi connectivity index (χ2n) is 5.67. The van der Waals surface area contributed by atoms with E-state index in [4.69, 9.17) is 9.47 Å². The van der Waals surface area contributed by atoms with E-state index < -0.39 is 0 Å². The predicted octanol–water partition coefficient (Wildman–Crippen LogP) is 3.21. The SMILES string of the molecule is O=C(Cc1cc2c(cc1Br)OCCO2)NC1CCCCC1. The number of benzene rings is 1. The zero-order valence-electron chi connectivity index (χ0n) is 12.0. The fourth-order valence-corrected chi connectivity index (χ4v) is 3.40. The van der Waals surface area contributed by atoms with Crippen LogP contribution in [-0.4, -0.2) is 25.2 Å². The lowest BCUT2D eigenvalue weighted by molar-refractivity contribution is -0.121. The minimum absolute atomic E-state index is 0.0827. The predicted molar refractivity (Wildman–Crippen MR) is 83.9 cm³/mol. The van der Waals surface area contributed by atoms with Gasteiger partial charge in [-0.15, -0.1) is 0 Å². The third-order valence-electron chi connectivity index (χ3n) is 4.03. The van der Waals surface area contributed by atoms with Crippen molar-refractivity contribution in [3.05, 3.63) is 22.2 Å². The standard InChI is InChI=1S/C16H20BrNO3/c17-13-10-15-14(20-6-7-21-15)8-11(13)9-16(19)18-12-4-2-1-3-5-12/h8,10,12H,1-7,9H2,(H,18,19). The molecule has 0 atom stereocenters. The molecule has 1 amide bonds. The Bertz CT molecular complexity index is 526. The summed E-state index contributed by atoms with van der Waals surface area (Å²) in [6.45, 7) is 1.13. The van der Waals surface area contributed by atoms with E-state index in [1.165, 1.54) is 19.3 Å². The number of halogens is 1. The first-order chi connectivity index (χ1) is 10.2. The molecule has 114 valence electrons. The Labute approximate surface area is 133 Å². The molecular weight excluding hydrogens is 334 g/mol. The number of nitrogens with one attached hydrogen (secondary N) is 1. The van der Waals surface area contributed by atoms with Crippen LogP contribution in [0.15, 0.2) is 16.6 Å². The Balaban J connectivity index is 1.65. The molecule has 2 aliphatic rings. The Kier molecular flexibility index (Phi) is 4.68. The van der Waals surface area contributed by atoms with Crippen molar-refractivity contribution in [2.75, 3.05) is 13.2 Å². The lowest BCUT2D eigenvalue weighted by Gasteiger charge is -2.23. The van der Waals surface area contributed by atoms with Crippen LogP contribution < -0.4 is 14.8 Å². The molecule has 3 rings (SSSR count). The van der Waals surface area contributed by atoms with Crippen LogP contribution in [0.2, 0.25) is 0 Å². The van der Waals surface area contributed by atoms with Crippen molar-refractivity contribution in [3.8, 4) is 11.5 Å². The lowest BCUT2D eigenvalue weighted by Crippen LogP contribution is -2.37. The van der Waals surface area contributed by atoms with Crippen LogP contribution in [0.3, 0.4) is 0 Å². The molecule has 1 heterocycles. The number of hydrogen-bond acceptors (Lipinski definition) is 3. The van der Waals surface area contributed by atoms with Crippen molar-refractivity contribution in [1.82, 2.24) is 5.32 Å². The topological polar surface area (TPSA) is 47.6 Å². The summed E-state index contributed by atoms with van der Waals surface area (Å²) in [6, 6.07) is 4.14. The van der Waals surface area contributed by atoms with Crippen molar-refractivity contribution in [2.24, 2.45) is 0 Å². The van der Waals surface area contributed by atoms with E-state index in [0.717, 1.165) is 34.4 Å². The van der Waals surface area contributed by atoms with E-state index in [9.17, 15) is 4.79 Å². The zero-order valence-corrected chi connectivity index (χ0v) is 13.6. The number of carbonyl (C=O) groups is 1. The smallest absolute Gasteiger partial charge is 0.224 e. The number of fused-ring (bicyclic) bond motifs is 1. The highest BCUT2D eigenvalue weighted by atomic mass is 79.9. The van der Waals surface area contributed by atoms with Gasteiger partial charge in [0.1, 0.15) is 13.2 Å². The minimum Gasteiger partial charge on any atom is -0.486 e. The molecule has 1 aromatic rings. The van der Waals surface area contributed by atoms with E-state index in [1.54, 1.807) is 0 Å². The highest BCUT2D eigenvalue weighted by Crippen LogP contribution is 2.35. The number of ether oxygens (including phenoxy) is 2. The van der Waals surface area contributed by atoms with Crippen molar-refractivity contribution >= 4 is 21.8 Å². The van der Waals surface area contributed by atoms with Gasteiger partial charge in [-0.1, -0.05) is 35.2 Å². The summed E-state index contributed by atoms with van der Waals surface area (Å²) in [7, 11) is 0. The Morgan fingerprint density at radius 3 is 2.52 bits per heavy atom. The van der Waals surface area contributed by atoms with Gasteiger partial charge in [0.05, 0.1) is 6.42 Å². The van der Waals surface area contributed by atoms with E-state index in [0.29, 0.717) is 25.7 Å². The third kappa shape index (κ3) is 3.70. The molecule has 0 spiro atoms. The summed E-state index contributed by atoms with van der Waals surface area (Å²) in [5.74, 6) is 1.55. The first kappa shape index (κ1) is 14.7. The van der Waals surface area contributed by atoms with E-state index in [2.05, 4.69) is 21.2 Å². The van der Waals surface area contributed by atoms with Gasteiger partial charge in [-0.3, -0.25) is 4.79 Å². The highest BCUT2D eigenvalue weighted by Gasteiger charge is 2.19. The van der Waals surface area contributed by atoms with Crippen molar-refractivity contribution in [1.29, 1.82) is 0 Å². The minimum atomic E-state index is 0.0827. The van der Waals surface area contributed by atoms with Crippen LogP contribution >= 0.6 is 15.9 Å². The number of amides is 1. The van der Waals surface area contributed by atoms with Crippen LogP contribution in [0.1, 0.15) is 37.7 Å². The second kappa shape index (κ2) is 6.69. The molecule has 0 radical (unpaired) electrons. The number of hydrogen-bond donors (Lipinski definition) is 1. The summed E-state index contributed by atoms with van der Waals surface area (Å²) in [5.41, 5.74) is 0.938. The van der Waals surface area contributed by atoms with Crippen LogP contribution in [0, 0.1) is 0 Å². The third-order valence-corrected chi connectivity index (χ3v) is 4.77. The van der Waals surface area contributed by atoms with Gasteiger partial charge in [0.15, 0.2) is 11.5 Å². The monoisotopic (exact) mass is 353 g/mol. The molecule has 0 bridgehead atoms. The molecule has 1 aliphatic carbocycles. The Morgan fingerprint density at radius 2 is 1.81 bits per heavy atom. The maximum Gasteiger partial charge on any atom is 0.224 e. The Morgan fingerprint density at radius 1 is 1.14 bits per heavy atom. The average Bonchev–Trinajstić information content (AvgIpc) is 2.49. The summed E-state index contributed by atoms with van der Waals surface area (Å²) >= 11 is 3.51. The van der Waals surface area contributed by atoms with Crippen LogP contribution in [0.4, 0.5) is 0 Å². The zero-order chi connectivity index (χ0) is 14.7. The van der Waals surface area contributed by atoms with E-state index in [-0.39, 0.29) is 5.91 Å². The maximum absolute atomic E-state index is 12.2. The first-order valence-corrected chi connectivity index (χ1v) is 8.39. The molecule has 0 aromatic heterocycles. The molecule has 1 aliphatic heterocycles. The van der Waals surface area contributed by atoms with Crippen LogP contribution in [0.5, 0.6) is 11.5 Å². The van der Waals surface area contributed by atoms with Crippen molar-refractivity contribution in [3.63, 3.8) is 0 Å². The molecule has 1 N–H and O–H groups in total. The molecule has 1 saturated carbocycles. The molecular formula is C16H20BrNO3. The summed E-state index contributed by atoms with van der Waals surface area (Å²) in [6.07, 6.45) is 6.31. The van der Waals surface area contributed by atoms with Gasteiger partial charge in [-0.05, 0) is 30.5 Å². The van der Waals surface area contributed by atoms with Gasteiger partial charge in [0.25, 0.3) is 0 Å². The van der Waals surface area contributed by atoms with E-state index in [1.807, 2.05) is 12.1 Å². The van der Waals surface area contributed by atoms with Gasteiger partial charge >= 0.3 is 0 Å². The van der Waals surface area contributed by atoms with Crippen LogP contribution in [-0.2, 0) is 11.2 Å². The fourth-order valence-electron chi connectivity index (χ4n) is 2.94. The number of carbonyl (C=O) groups excluding carboxylic acids is 1. The fraction of sp³-hybridized carbons (Fsp3) is 0.562. The summed E-state index contributed by atoms with van der Waals surface area (Å²) < 4.78 is 12.0. The van der Waals surface area contributed by atoms with E-state index >= 15 is 0 Å². The van der Waals surface area contributed by atoms with Gasteiger partial charge in [-0.25, -0.2) is 0 Å². The molecule has 1 fully saturated rings. The first-order valence-electron chi connectivity index (χ1n) is 7.60. The van der Waals surface area contributed by atoms with Gasteiger partial charge < -0.3 is 14.8 Å². The average molecular weight is 354 g/mol. The molecule has 1 aromatic carbocycles. The van der Waals surface area contributed by atoms with Crippen LogP contribution in [0.25, 0.3) is 0 Å². The normalized spacial score (nSPS) is 18.3. The maximum atomic E-state index is 12.2. The second-order valence-corrected chi connectivity index (χ2v) is 6.52. The molecule has 0 unspecified atom stereocenters. The van der Waals surface area contributed by atoms with Crippen molar-refractivity contribution in [2.45, 2.75) is 44.6 Å². The number of rotatable bonds is 3. The molecule has 21 heavy (non-hydrogen) atoms. The molecule has 4 nitrogen and oxygen atoms in total. The summed E-state index contributed by atoms with van der Waals surface area (Å²) in [5, 5.41) is 3.14. The van der Waals surface area contributed by atoms with Gasteiger partial charge in [0, 0.05) is 10.5 Å². The van der Waals surface area contributed by atoms with Gasteiger partial charge in [-0.2, -0.15) is 0 Å². The Hall–Kier alpha value is -1.23. The quantitative estimate of drug-likeness (QED) is 0.907. The lowest BCUT2D eigenvalue weighted by atomic mass is 9.95. The largest absolute Gasteiger partial charge is 0.486 e. The summed E-state index contributed by atoms with van der Waals surface area (Å²) in [4.78, 5) is 12.2. The molecule has 5 heteroatoms. The molecule has 0 saturated heterocycles. The van der Waals surface area contributed by atoms with Crippen molar-refractivity contribution < 1.29 is 14.3 Å².